The fourth-order valence-electron chi connectivity index (χ4n) is 1.77. The Morgan fingerprint density at radius 1 is 1.41 bits per heavy atom. The average molecular weight is 258 g/mol. The first-order valence-corrected chi connectivity index (χ1v) is 9.41. The first-order chi connectivity index (χ1) is 7.67. The molecule has 1 aliphatic rings. The molecule has 0 aromatic carbocycles. The van der Waals surface area contributed by atoms with Crippen LogP contribution in [0.3, 0.4) is 0 Å². The Morgan fingerprint density at radius 3 is 2.47 bits per heavy atom. The number of carbonyl (C=O) groups excluding carboxylic acids is 1. The minimum Gasteiger partial charge on any atom is -0.462 e. The lowest BCUT2D eigenvalue weighted by atomic mass is 10.0. The van der Waals surface area contributed by atoms with Crippen molar-refractivity contribution in [2.75, 3.05) is 6.61 Å². The van der Waals surface area contributed by atoms with Crippen LogP contribution < -0.4 is 0 Å². The van der Waals surface area contributed by atoms with Crippen LogP contribution in [0.25, 0.3) is 0 Å². The number of ether oxygens (including phenoxy) is 1. The van der Waals surface area contributed by atoms with Crippen LogP contribution in [0.5, 0.6) is 0 Å². The number of carbonyl (C=O) groups is 1. The fourth-order valence-corrected chi connectivity index (χ4v) is 2.84. The van der Waals surface area contributed by atoms with Gasteiger partial charge in [-0.2, -0.15) is 0 Å². The Labute approximate surface area is 106 Å². The maximum atomic E-state index is 11.3. The van der Waals surface area contributed by atoms with Gasteiger partial charge in [0.25, 0.3) is 0 Å². The number of rotatable bonds is 4. The normalized spacial score (nSPS) is 26.1. The van der Waals surface area contributed by atoms with Gasteiger partial charge in [0.2, 0.25) is 0 Å². The molecule has 17 heavy (non-hydrogen) atoms. The molecule has 0 unspecified atom stereocenters. The Bertz CT molecular complexity index is 281. The predicted molar refractivity (Wildman–Crippen MR) is 71.4 cm³/mol. The standard InChI is InChI=1S/C13H26O3Si/c1-7-11-10(8-12(14)16-11)9-15-17(5,6)13(2,3)4/h10-11H,7-9H2,1-6H3/t10-,11-/m1/s1. The van der Waals surface area contributed by atoms with Gasteiger partial charge in [-0.1, -0.05) is 27.7 Å². The van der Waals surface area contributed by atoms with E-state index in [0.29, 0.717) is 13.0 Å². The smallest absolute Gasteiger partial charge is 0.306 e. The second-order valence-corrected chi connectivity index (χ2v) is 11.3. The molecule has 0 aromatic heterocycles. The summed E-state index contributed by atoms with van der Waals surface area (Å²) in [6.45, 7) is 13.9. The van der Waals surface area contributed by atoms with Gasteiger partial charge in [0.15, 0.2) is 8.32 Å². The second-order valence-electron chi connectivity index (χ2n) is 6.47. The van der Waals surface area contributed by atoms with E-state index in [1.165, 1.54) is 0 Å². The summed E-state index contributed by atoms with van der Waals surface area (Å²) in [6.07, 6.45) is 1.47. The monoisotopic (exact) mass is 258 g/mol. The fraction of sp³-hybridized carbons (Fsp3) is 0.923. The lowest BCUT2D eigenvalue weighted by molar-refractivity contribution is -0.141. The number of cyclic esters (lactones) is 1. The van der Waals surface area contributed by atoms with E-state index in [1.807, 2.05) is 0 Å². The Hall–Kier alpha value is -0.353. The molecule has 0 aromatic rings. The zero-order valence-corrected chi connectivity index (χ0v) is 13.0. The van der Waals surface area contributed by atoms with Gasteiger partial charge in [0, 0.05) is 12.5 Å². The van der Waals surface area contributed by atoms with E-state index in [1.54, 1.807) is 0 Å². The Kier molecular flexibility index (Phi) is 4.41. The van der Waals surface area contributed by atoms with Crippen molar-refractivity contribution in [2.45, 2.75) is 64.8 Å². The van der Waals surface area contributed by atoms with Crippen molar-refractivity contribution in [2.24, 2.45) is 5.92 Å². The van der Waals surface area contributed by atoms with E-state index < -0.39 is 8.32 Å². The minimum absolute atomic E-state index is 0.0623. The summed E-state index contributed by atoms with van der Waals surface area (Å²) >= 11 is 0. The van der Waals surface area contributed by atoms with Crippen molar-refractivity contribution >= 4 is 14.3 Å². The number of esters is 1. The van der Waals surface area contributed by atoms with Crippen LogP contribution in [-0.4, -0.2) is 27.0 Å². The molecule has 0 radical (unpaired) electrons. The van der Waals surface area contributed by atoms with E-state index in [-0.39, 0.29) is 23.0 Å². The van der Waals surface area contributed by atoms with Crippen molar-refractivity contribution < 1.29 is 14.0 Å². The highest BCUT2D eigenvalue weighted by atomic mass is 28.4. The van der Waals surface area contributed by atoms with Crippen LogP contribution in [0, 0.1) is 5.92 Å². The summed E-state index contributed by atoms with van der Waals surface area (Å²) in [5.74, 6) is 0.183. The molecule has 0 spiro atoms. The van der Waals surface area contributed by atoms with Crippen molar-refractivity contribution in [1.82, 2.24) is 0 Å². The highest BCUT2D eigenvalue weighted by Gasteiger charge is 2.40. The number of hydrogen-bond acceptors (Lipinski definition) is 3. The maximum Gasteiger partial charge on any atom is 0.306 e. The SMILES string of the molecule is CC[C@H]1OC(=O)C[C@@H]1CO[Si](C)(C)C(C)(C)C. The first-order valence-electron chi connectivity index (χ1n) is 6.51. The van der Waals surface area contributed by atoms with Gasteiger partial charge in [0.05, 0.1) is 6.42 Å². The molecule has 0 N–H and O–H groups in total. The third kappa shape index (κ3) is 3.55. The van der Waals surface area contributed by atoms with Gasteiger partial charge >= 0.3 is 5.97 Å². The lowest BCUT2D eigenvalue weighted by Gasteiger charge is -2.37. The van der Waals surface area contributed by atoms with Gasteiger partial charge in [-0.15, -0.1) is 0 Å². The molecule has 3 nitrogen and oxygen atoms in total. The molecule has 4 heteroatoms. The van der Waals surface area contributed by atoms with Gasteiger partial charge in [-0.25, -0.2) is 0 Å². The van der Waals surface area contributed by atoms with Gasteiger partial charge in [-0.3, -0.25) is 4.79 Å². The largest absolute Gasteiger partial charge is 0.462 e. The summed E-state index contributed by atoms with van der Waals surface area (Å²) < 4.78 is 11.4. The zero-order chi connectivity index (χ0) is 13.3. The first kappa shape index (κ1) is 14.7. The molecule has 0 aliphatic carbocycles. The summed E-state index contributed by atoms with van der Waals surface area (Å²) in [5, 5.41) is 0.220. The van der Waals surface area contributed by atoms with Crippen LogP contribution in [0.1, 0.15) is 40.5 Å². The molecule has 0 amide bonds. The van der Waals surface area contributed by atoms with Crippen molar-refractivity contribution in [1.29, 1.82) is 0 Å². The zero-order valence-electron chi connectivity index (χ0n) is 12.0. The predicted octanol–water partition coefficient (Wildman–Crippen LogP) is 3.35. The minimum atomic E-state index is -1.70. The van der Waals surface area contributed by atoms with Crippen molar-refractivity contribution in [3.05, 3.63) is 0 Å². The summed E-state index contributed by atoms with van der Waals surface area (Å²) in [4.78, 5) is 11.3. The van der Waals surface area contributed by atoms with Crippen molar-refractivity contribution in [3.63, 3.8) is 0 Å². The molecule has 1 aliphatic heterocycles. The topological polar surface area (TPSA) is 35.5 Å². The lowest BCUT2D eigenvalue weighted by Crippen LogP contribution is -2.42. The highest BCUT2D eigenvalue weighted by Crippen LogP contribution is 2.37. The summed E-state index contributed by atoms with van der Waals surface area (Å²) in [7, 11) is -1.70. The average Bonchev–Trinajstić information content (AvgIpc) is 2.54. The molecule has 0 saturated carbocycles. The van der Waals surface area contributed by atoms with Gasteiger partial charge in [0.1, 0.15) is 6.10 Å². The second kappa shape index (κ2) is 5.10. The van der Waals surface area contributed by atoms with E-state index >= 15 is 0 Å². The van der Waals surface area contributed by atoms with Crippen molar-refractivity contribution in [3.8, 4) is 0 Å². The van der Waals surface area contributed by atoms with Crippen LogP contribution >= 0.6 is 0 Å². The molecule has 1 fully saturated rings. The molecular weight excluding hydrogens is 232 g/mol. The summed E-state index contributed by atoms with van der Waals surface area (Å²) in [6, 6.07) is 0. The highest BCUT2D eigenvalue weighted by molar-refractivity contribution is 6.74. The van der Waals surface area contributed by atoms with Gasteiger partial charge in [-0.05, 0) is 24.6 Å². The maximum absolute atomic E-state index is 11.3. The Morgan fingerprint density at radius 2 is 2.00 bits per heavy atom. The van der Waals surface area contributed by atoms with Crippen LogP contribution in [0.15, 0.2) is 0 Å². The third-order valence-corrected chi connectivity index (χ3v) is 8.60. The molecule has 1 heterocycles. The van der Waals surface area contributed by atoms with Gasteiger partial charge < -0.3 is 9.16 Å². The third-order valence-electron chi connectivity index (χ3n) is 4.10. The molecular formula is C13H26O3Si. The molecule has 2 atom stereocenters. The van der Waals surface area contributed by atoms with E-state index in [2.05, 4.69) is 40.8 Å². The molecule has 100 valence electrons. The van der Waals surface area contributed by atoms with Crippen LogP contribution in [0.4, 0.5) is 0 Å². The van der Waals surface area contributed by atoms with E-state index in [4.69, 9.17) is 9.16 Å². The number of hydrogen-bond donors (Lipinski definition) is 0. The molecule has 0 bridgehead atoms. The molecule has 1 saturated heterocycles. The van der Waals surface area contributed by atoms with Crippen LogP contribution in [-0.2, 0) is 14.0 Å². The quantitative estimate of drug-likeness (QED) is 0.573. The van der Waals surface area contributed by atoms with E-state index in [9.17, 15) is 4.79 Å². The van der Waals surface area contributed by atoms with E-state index in [0.717, 1.165) is 6.42 Å². The Balaban J connectivity index is 2.53. The summed E-state index contributed by atoms with van der Waals surface area (Å²) in [5.41, 5.74) is 0. The molecule has 1 rings (SSSR count). The van der Waals surface area contributed by atoms with Crippen LogP contribution in [0.2, 0.25) is 18.1 Å².